The number of rotatable bonds is 4. The number of urea groups is 1. The van der Waals surface area contributed by atoms with Gasteiger partial charge in [0, 0.05) is 5.69 Å². The van der Waals surface area contributed by atoms with Gasteiger partial charge in [0.05, 0.1) is 33.2 Å². The van der Waals surface area contributed by atoms with Gasteiger partial charge in [0.25, 0.3) is 0 Å². The summed E-state index contributed by atoms with van der Waals surface area (Å²) < 4.78 is 5.10. The maximum Gasteiger partial charge on any atom is 0.322 e. The summed E-state index contributed by atoms with van der Waals surface area (Å²) in [6.45, 7) is 1.21. The highest BCUT2D eigenvalue weighted by Crippen LogP contribution is 2.36. The molecule has 0 saturated carbocycles. The monoisotopic (exact) mass is 367 g/mol. The molecule has 0 aliphatic carbocycles. The van der Waals surface area contributed by atoms with Crippen molar-refractivity contribution in [2.75, 3.05) is 25.5 Å². The fraction of sp³-hybridized carbons (Fsp3) is 0.300. The van der Waals surface area contributed by atoms with Gasteiger partial charge in [0.1, 0.15) is 11.4 Å². The molecule has 2 heterocycles. The Balaban J connectivity index is 1.31. The van der Waals surface area contributed by atoms with Crippen molar-refractivity contribution in [3.05, 3.63) is 60.2 Å². The number of ether oxygens (including phenoxy) is 1. The molecule has 7 heteroatoms. The van der Waals surface area contributed by atoms with Crippen molar-refractivity contribution < 1.29 is 19.2 Å². The van der Waals surface area contributed by atoms with Gasteiger partial charge in [0.2, 0.25) is 5.91 Å². The molecule has 2 aromatic rings. The van der Waals surface area contributed by atoms with Gasteiger partial charge in [-0.1, -0.05) is 30.3 Å². The van der Waals surface area contributed by atoms with Crippen LogP contribution in [0.3, 0.4) is 0 Å². The van der Waals surface area contributed by atoms with Crippen molar-refractivity contribution in [1.82, 2.24) is 9.96 Å². The second kappa shape index (κ2) is 6.92. The predicted octanol–water partition coefficient (Wildman–Crippen LogP) is 2.65. The number of hydroxylamine groups is 2. The first-order valence-corrected chi connectivity index (χ1v) is 8.80. The summed E-state index contributed by atoms with van der Waals surface area (Å²) in [5.41, 5.74) is 1.11. The van der Waals surface area contributed by atoms with E-state index in [-0.39, 0.29) is 11.9 Å². The summed E-state index contributed by atoms with van der Waals surface area (Å²) in [4.78, 5) is 32.2. The van der Waals surface area contributed by atoms with Gasteiger partial charge >= 0.3 is 6.03 Å². The second-order valence-electron chi connectivity index (χ2n) is 6.88. The van der Waals surface area contributed by atoms with Crippen molar-refractivity contribution in [3.63, 3.8) is 0 Å². The zero-order chi connectivity index (χ0) is 18.9. The quantitative estimate of drug-likeness (QED) is 0.902. The number of carbonyl (C=O) groups is 2. The van der Waals surface area contributed by atoms with Crippen LogP contribution < -0.4 is 10.1 Å². The Bertz CT molecular complexity index is 832. The molecule has 0 bridgehead atoms. The van der Waals surface area contributed by atoms with E-state index in [0.29, 0.717) is 31.7 Å². The number of likely N-dealkylation sites (tertiary alicyclic amines) is 1. The molecule has 27 heavy (non-hydrogen) atoms. The maximum absolute atomic E-state index is 12.4. The Hall–Kier alpha value is -3.06. The minimum Gasteiger partial charge on any atom is -0.497 e. The molecule has 7 nitrogen and oxygen atoms in total. The number of hydrogen-bond donors (Lipinski definition) is 1. The van der Waals surface area contributed by atoms with Crippen molar-refractivity contribution >= 4 is 17.6 Å². The van der Waals surface area contributed by atoms with Gasteiger partial charge in [-0.2, -0.15) is 0 Å². The molecule has 0 radical (unpaired) electrons. The zero-order valence-corrected chi connectivity index (χ0v) is 15.1. The average Bonchev–Trinajstić information content (AvgIpc) is 2.98. The number of nitrogens with zero attached hydrogens (tertiary/aromatic N) is 2. The average molecular weight is 367 g/mol. The van der Waals surface area contributed by atoms with Crippen LogP contribution in [0.1, 0.15) is 12.0 Å². The number of anilines is 1. The normalized spacial score (nSPS) is 17.7. The zero-order valence-electron chi connectivity index (χ0n) is 15.1. The van der Waals surface area contributed by atoms with Gasteiger partial charge in [-0.25, -0.2) is 9.86 Å². The first-order chi connectivity index (χ1) is 13.1. The van der Waals surface area contributed by atoms with Crippen molar-refractivity contribution in [1.29, 1.82) is 0 Å². The van der Waals surface area contributed by atoms with E-state index in [1.165, 1.54) is 5.06 Å². The van der Waals surface area contributed by atoms with Crippen molar-refractivity contribution in [3.8, 4) is 5.75 Å². The van der Waals surface area contributed by atoms with Crippen LogP contribution in [0, 0.1) is 0 Å². The summed E-state index contributed by atoms with van der Waals surface area (Å²) in [7, 11) is 1.59. The summed E-state index contributed by atoms with van der Waals surface area (Å²) in [5, 5.41) is 4.25. The van der Waals surface area contributed by atoms with Crippen LogP contribution in [-0.4, -0.2) is 47.7 Å². The van der Waals surface area contributed by atoms with Gasteiger partial charge < -0.3 is 15.0 Å². The Morgan fingerprint density at radius 2 is 1.85 bits per heavy atom. The molecular formula is C20H21N3O4. The van der Waals surface area contributed by atoms with Crippen LogP contribution in [0.2, 0.25) is 0 Å². The number of methoxy groups -OCH3 is 1. The van der Waals surface area contributed by atoms with Gasteiger partial charge in [-0.3, -0.25) is 9.63 Å². The highest BCUT2D eigenvalue weighted by atomic mass is 16.7. The number of nitrogens with one attached hydrogen (secondary N) is 1. The highest BCUT2D eigenvalue weighted by molar-refractivity contribution is 5.90. The van der Waals surface area contributed by atoms with Crippen LogP contribution >= 0.6 is 0 Å². The number of hydrogen-bond acceptors (Lipinski definition) is 4. The standard InChI is InChI=1S/C20H21N3O4/c1-26-17-9-7-16(8-10-17)21-19(25)22-13-20(14-22)11-18(24)23(27-20)12-15-5-3-2-4-6-15/h2-10H,11-14H2,1H3,(H,21,25). The highest BCUT2D eigenvalue weighted by Gasteiger charge is 2.54. The molecule has 2 saturated heterocycles. The van der Waals surface area contributed by atoms with Crippen molar-refractivity contribution in [2.24, 2.45) is 0 Å². The van der Waals surface area contributed by atoms with E-state index in [2.05, 4.69) is 5.32 Å². The summed E-state index contributed by atoms with van der Waals surface area (Å²) >= 11 is 0. The van der Waals surface area contributed by atoms with E-state index >= 15 is 0 Å². The summed E-state index contributed by atoms with van der Waals surface area (Å²) in [6.07, 6.45) is 0.298. The predicted molar refractivity (Wildman–Crippen MR) is 99.0 cm³/mol. The van der Waals surface area contributed by atoms with E-state index in [0.717, 1.165) is 11.3 Å². The Kier molecular flexibility index (Phi) is 4.45. The first-order valence-electron chi connectivity index (χ1n) is 8.80. The Labute approximate surface area is 157 Å². The fourth-order valence-corrected chi connectivity index (χ4v) is 3.39. The molecule has 0 atom stereocenters. The first kappa shape index (κ1) is 17.4. The van der Waals surface area contributed by atoms with Crippen LogP contribution in [-0.2, 0) is 16.2 Å². The molecule has 2 fully saturated rings. The Morgan fingerprint density at radius 1 is 1.15 bits per heavy atom. The SMILES string of the molecule is COc1ccc(NC(=O)N2CC3(CC(=O)N(Cc4ccccc4)O3)C2)cc1. The Morgan fingerprint density at radius 3 is 2.52 bits per heavy atom. The second-order valence-corrected chi connectivity index (χ2v) is 6.88. The lowest BCUT2D eigenvalue weighted by Crippen LogP contribution is -2.64. The maximum atomic E-state index is 12.4. The topological polar surface area (TPSA) is 71.1 Å². The lowest BCUT2D eigenvalue weighted by molar-refractivity contribution is -0.232. The van der Waals surface area contributed by atoms with Gasteiger partial charge in [0.15, 0.2) is 0 Å². The minimum atomic E-state index is -0.594. The van der Waals surface area contributed by atoms with Crippen LogP contribution in [0.15, 0.2) is 54.6 Å². The molecule has 2 aliphatic heterocycles. The molecule has 2 aromatic carbocycles. The molecule has 0 aromatic heterocycles. The van der Waals surface area contributed by atoms with E-state index < -0.39 is 5.60 Å². The van der Waals surface area contributed by atoms with E-state index in [1.807, 2.05) is 30.3 Å². The number of amides is 3. The third-order valence-electron chi connectivity index (χ3n) is 4.81. The summed E-state index contributed by atoms with van der Waals surface area (Å²) in [5.74, 6) is 0.682. The van der Waals surface area contributed by atoms with Crippen molar-refractivity contribution in [2.45, 2.75) is 18.6 Å². The molecular weight excluding hydrogens is 346 g/mol. The van der Waals surface area contributed by atoms with Crippen LogP contribution in [0.25, 0.3) is 0 Å². The molecule has 1 spiro atoms. The third kappa shape index (κ3) is 3.59. The van der Waals surface area contributed by atoms with E-state index in [4.69, 9.17) is 9.57 Å². The molecule has 3 amide bonds. The number of benzene rings is 2. The summed E-state index contributed by atoms with van der Waals surface area (Å²) in [6, 6.07) is 16.6. The molecule has 4 rings (SSSR count). The lowest BCUT2D eigenvalue weighted by atomic mass is 9.91. The molecule has 1 N–H and O–H groups in total. The molecule has 2 aliphatic rings. The van der Waals surface area contributed by atoms with Gasteiger partial charge in [-0.15, -0.1) is 0 Å². The number of carbonyl (C=O) groups excluding carboxylic acids is 2. The minimum absolute atomic E-state index is 0.0472. The molecule has 0 unspecified atom stereocenters. The lowest BCUT2D eigenvalue weighted by Gasteiger charge is -2.45. The molecule has 140 valence electrons. The smallest absolute Gasteiger partial charge is 0.322 e. The van der Waals surface area contributed by atoms with Gasteiger partial charge in [-0.05, 0) is 29.8 Å². The van der Waals surface area contributed by atoms with E-state index in [1.54, 1.807) is 36.3 Å². The third-order valence-corrected chi connectivity index (χ3v) is 4.81. The van der Waals surface area contributed by atoms with Crippen LogP contribution in [0.5, 0.6) is 5.75 Å². The fourth-order valence-electron chi connectivity index (χ4n) is 3.39. The van der Waals surface area contributed by atoms with Crippen LogP contribution in [0.4, 0.5) is 10.5 Å². The van der Waals surface area contributed by atoms with E-state index in [9.17, 15) is 9.59 Å². The largest absolute Gasteiger partial charge is 0.497 e.